The molecule has 0 amide bonds. The van der Waals surface area contributed by atoms with E-state index in [2.05, 4.69) is 4.98 Å². The lowest BCUT2D eigenvalue weighted by Crippen LogP contribution is -2.16. The highest BCUT2D eigenvalue weighted by atomic mass is 19.1. The number of alkyl halides is 1. The third-order valence-corrected chi connectivity index (χ3v) is 1.16. The molecular weight excluding hydrogens is 135 g/mol. The van der Waals surface area contributed by atoms with Gasteiger partial charge in [-0.05, 0) is 0 Å². The van der Waals surface area contributed by atoms with E-state index in [0.29, 0.717) is 0 Å². The molecule has 4 heteroatoms. The van der Waals surface area contributed by atoms with Crippen LogP contribution >= 0.6 is 0 Å². The second-order valence-electron chi connectivity index (χ2n) is 2.07. The summed E-state index contributed by atoms with van der Waals surface area (Å²) in [6, 6.07) is 0. The minimum atomic E-state index is -0.908. The monoisotopic (exact) mass is 144 g/mol. The maximum absolute atomic E-state index is 11.7. The third kappa shape index (κ3) is 1.80. The zero-order valence-corrected chi connectivity index (χ0v) is 5.44. The Kier molecular flexibility index (Phi) is 2.39. The first-order chi connectivity index (χ1) is 4.83. The Balaban J connectivity index is 2.40. The number of nitrogens with zero attached hydrogens (tertiary/aromatic N) is 2. The SMILES string of the molecule is OC(CF)Cn1ccnc1. The predicted octanol–water partition coefficient (Wildman–Crippen LogP) is 0.214. The van der Waals surface area contributed by atoms with Crippen LogP contribution in [0.3, 0.4) is 0 Å². The normalized spacial score (nSPS) is 13.4. The van der Waals surface area contributed by atoms with Gasteiger partial charge in [-0.1, -0.05) is 0 Å². The van der Waals surface area contributed by atoms with Crippen molar-refractivity contribution in [2.24, 2.45) is 0 Å². The smallest absolute Gasteiger partial charge is 0.117 e. The Morgan fingerprint density at radius 1 is 1.70 bits per heavy atom. The molecule has 1 rings (SSSR count). The second-order valence-corrected chi connectivity index (χ2v) is 2.07. The number of halogens is 1. The lowest BCUT2D eigenvalue weighted by atomic mass is 10.4. The predicted molar refractivity (Wildman–Crippen MR) is 34.2 cm³/mol. The first-order valence-electron chi connectivity index (χ1n) is 3.02. The highest BCUT2D eigenvalue weighted by molar-refractivity contribution is 4.75. The molecule has 1 aromatic heterocycles. The number of aromatic nitrogens is 2. The Hall–Kier alpha value is -0.900. The molecule has 0 saturated heterocycles. The van der Waals surface area contributed by atoms with E-state index < -0.39 is 12.8 Å². The van der Waals surface area contributed by atoms with Crippen LogP contribution in [0.2, 0.25) is 0 Å². The molecule has 0 aliphatic rings. The van der Waals surface area contributed by atoms with Crippen LogP contribution in [0.25, 0.3) is 0 Å². The van der Waals surface area contributed by atoms with E-state index >= 15 is 0 Å². The molecule has 1 N–H and O–H groups in total. The molecule has 0 spiro atoms. The minimum absolute atomic E-state index is 0.274. The number of aliphatic hydroxyl groups is 1. The van der Waals surface area contributed by atoms with Gasteiger partial charge < -0.3 is 9.67 Å². The number of rotatable bonds is 3. The van der Waals surface area contributed by atoms with Crippen molar-refractivity contribution in [3.8, 4) is 0 Å². The molecule has 1 unspecified atom stereocenters. The van der Waals surface area contributed by atoms with Gasteiger partial charge in [-0.15, -0.1) is 0 Å². The van der Waals surface area contributed by atoms with Gasteiger partial charge in [-0.2, -0.15) is 0 Å². The quantitative estimate of drug-likeness (QED) is 0.658. The molecule has 0 aliphatic carbocycles. The van der Waals surface area contributed by atoms with E-state index in [0.717, 1.165) is 0 Å². The second kappa shape index (κ2) is 3.31. The van der Waals surface area contributed by atoms with Gasteiger partial charge >= 0.3 is 0 Å². The maximum atomic E-state index is 11.7. The fourth-order valence-corrected chi connectivity index (χ4v) is 0.687. The number of hydrogen-bond acceptors (Lipinski definition) is 2. The summed E-state index contributed by atoms with van der Waals surface area (Å²) in [5.41, 5.74) is 0. The fourth-order valence-electron chi connectivity index (χ4n) is 0.687. The summed E-state index contributed by atoms with van der Waals surface area (Å²) in [5.74, 6) is 0. The van der Waals surface area contributed by atoms with Gasteiger partial charge in [0, 0.05) is 12.4 Å². The van der Waals surface area contributed by atoms with Crippen molar-refractivity contribution in [1.29, 1.82) is 0 Å². The number of hydrogen-bond donors (Lipinski definition) is 1. The molecule has 3 nitrogen and oxygen atoms in total. The number of imidazole rings is 1. The highest BCUT2D eigenvalue weighted by Crippen LogP contribution is 1.91. The van der Waals surface area contributed by atoms with Crippen LogP contribution in [0.1, 0.15) is 0 Å². The van der Waals surface area contributed by atoms with Gasteiger partial charge in [0.05, 0.1) is 12.9 Å². The summed E-state index contributed by atoms with van der Waals surface area (Å²) in [6.45, 7) is -0.436. The molecule has 10 heavy (non-hydrogen) atoms. The van der Waals surface area contributed by atoms with E-state index in [1.54, 1.807) is 23.3 Å². The Morgan fingerprint density at radius 3 is 3.00 bits per heavy atom. The van der Waals surface area contributed by atoms with Crippen LogP contribution in [0.15, 0.2) is 18.7 Å². The average molecular weight is 144 g/mol. The van der Waals surface area contributed by atoms with Crippen LogP contribution in [-0.4, -0.2) is 27.4 Å². The molecule has 0 fully saturated rings. The van der Waals surface area contributed by atoms with Crippen LogP contribution < -0.4 is 0 Å². The first-order valence-corrected chi connectivity index (χ1v) is 3.02. The van der Waals surface area contributed by atoms with Crippen LogP contribution in [0, 0.1) is 0 Å². The standard InChI is InChI=1S/C6H9FN2O/c7-3-6(10)4-9-2-1-8-5-9/h1-2,5-6,10H,3-4H2. The molecule has 0 radical (unpaired) electrons. The third-order valence-electron chi connectivity index (χ3n) is 1.16. The van der Waals surface area contributed by atoms with Gasteiger partial charge in [0.15, 0.2) is 0 Å². The van der Waals surface area contributed by atoms with Gasteiger partial charge in [0.2, 0.25) is 0 Å². The molecule has 0 bridgehead atoms. The number of aliphatic hydroxyl groups excluding tert-OH is 1. The summed E-state index contributed by atoms with van der Waals surface area (Å²) < 4.78 is 13.3. The lowest BCUT2D eigenvalue weighted by Gasteiger charge is -2.04. The molecule has 0 aliphatic heterocycles. The van der Waals surface area contributed by atoms with E-state index in [1.165, 1.54) is 0 Å². The lowest BCUT2D eigenvalue weighted by molar-refractivity contribution is 0.122. The fraction of sp³-hybridized carbons (Fsp3) is 0.500. The van der Waals surface area contributed by atoms with Crippen molar-refractivity contribution in [3.05, 3.63) is 18.7 Å². The summed E-state index contributed by atoms with van der Waals surface area (Å²) in [7, 11) is 0. The summed E-state index contributed by atoms with van der Waals surface area (Å²) in [6.07, 6.45) is 3.90. The summed E-state index contributed by atoms with van der Waals surface area (Å²) in [4.78, 5) is 3.74. The van der Waals surface area contributed by atoms with Crippen molar-refractivity contribution >= 4 is 0 Å². The van der Waals surface area contributed by atoms with Crippen LogP contribution in [-0.2, 0) is 6.54 Å². The van der Waals surface area contributed by atoms with E-state index in [4.69, 9.17) is 5.11 Å². The molecule has 0 saturated carbocycles. The van der Waals surface area contributed by atoms with Crippen LogP contribution in [0.4, 0.5) is 4.39 Å². The Morgan fingerprint density at radius 2 is 2.50 bits per heavy atom. The zero-order valence-electron chi connectivity index (χ0n) is 5.44. The van der Waals surface area contributed by atoms with E-state index in [9.17, 15) is 4.39 Å². The molecule has 0 aromatic carbocycles. The molecule has 1 aromatic rings. The average Bonchev–Trinajstić information content (AvgIpc) is 2.40. The molecule has 1 heterocycles. The largest absolute Gasteiger partial charge is 0.389 e. The zero-order chi connectivity index (χ0) is 7.40. The minimum Gasteiger partial charge on any atom is -0.389 e. The Bertz CT molecular complexity index is 176. The molecular formula is C6H9FN2O. The topological polar surface area (TPSA) is 38.0 Å². The summed E-state index contributed by atoms with van der Waals surface area (Å²) in [5, 5.41) is 8.81. The Labute approximate surface area is 58.1 Å². The van der Waals surface area contributed by atoms with Crippen molar-refractivity contribution in [3.63, 3.8) is 0 Å². The van der Waals surface area contributed by atoms with E-state index in [-0.39, 0.29) is 6.54 Å². The molecule has 1 atom stereocenters. The van der Waals surface area contributed by atoms with Crippen molar-refractivity contribution in [2.75, 3.05) is 6.67 Å². The van der Waals surface area contributed by atoms with Gasteiger partial charge in [-0.25, -0.2) is 9.37 Å². The van der Waals surface area contributed by atoms with Crippen molar-refractivity contribution in [1.82, 2.24) is 9.55 Å². The summed E-state index contributed by atoms with van der Waals surface area (Å²) >= 11 is 0. The van der Waals surface area contributed by atoms with Gasteiger partial charge in [0.1, 0.15) is 12.8 Å². The molecule has 56 valence electrons. The van der Waals surface area contributed by atoms with Gasteiger partial charge in [0.25, 0.3) is 0 Å². The maximum Gasteiger partial charge on any atom is 0.117 e. The van der Waals surface area contributed by atoms with Crippen molar-refractivity contribution < 1.29 is 9.50 Å². The van der Waals surface area contributed by atoms with Gasteiger partial charge in [-0.3, -0.25) is 0 Å². The highest BCUT2D eigenvalue weighted by Gasteiger charge is 2.01. The van der Waals surface area contributed by atoms with Crippen LogP contribution in [0.5, 0.6) is 0 Å². The first kappa shape index (κ1) is 7.21. The van der Waals surface area contributed by atoms with Crippen molar-refractivity contribution in [2.45, 2.75) is 12.6 Å². The van der Waals surface area contributed by atoms with E-state index in [1.807, 2.05) is 0 Å².